The topological polar surface area (TPSA) is 38.3 Å². The van der Waals surface area contributed by atoms with Crippen LogP contribution in [0.25, 0.3) is 0 Å². The van der Waals surface area contributed by atoms with Gasteiger partial charge < -0.3 is 10.1 Å². The molecule has 18 heavy (non-hydrogen) atoms. The third-order valence-corrected chi connectivity index (χ3v) is 5.20. The van der Waals surface area contributed by atoms with Gasteiger partial charge in [0.15, 0.2) is 0 Å². The van der Waals surface area contributed by atoms with E-state index in [1.54, 1.807) is 7.11 Å². The van der Waals surface area contributed by atoms with Gasteiger partial charge in [-0.15, -0.1) is 0 Å². The van der Waals surface area contributed by atoms with E-state index >= 15 is 0 Å². The second-order valence-electron chi connectivity index (χ2n) is 5.09. The monoisotopic (exact) mass is 265 g/mol. The average molecular weight is 265 g/mol. The molecule has 1 aromatic rings. The maximum atomic E-state index is 12.2. The van der Waals surface area contributed by atoms with Gasteiger partial charge in [-0.2, -0.15) is 0 Å². The second-order valence-corrected chi connectivity index (χ2v) is 6.63. The van der Waals surface area contributed by atoms with Crippen molar-refractivity contribution in [3.8, 4) is 5.75 Å². The molecule has 0 saturated heterocycles. The number of fused-ring (bicyclic) bond motifs is 1. The fourth-order valence-electron chi connectivity index (χ4n) is 2.52. The largest absolute Gasteiger partial charge is 0.497 e. The van der Waals surface area contributed by atoms with E-state index in [2.05, 4.69) is 11.4 Å². The number of rotatable bonds is 3. The van der Waals surface area contributed by atoms with Crippen molar-refractivity contribution in [2.45, 2.75) is 42.7 Å². The van der Waals surface area contributed by atoms with Crippen LogP contribution in [0.5, 0.6) is 5.75 Å². The van der Waals surface area contributed by atoms with Crippen LogP contribution in [0.4, 0.5) is 0 Å². The molecule has 3 rings (SSSR count). The predicted octanol–water partition coefficient (Wildman–Crippen LogP) is 2.39. The van der Waals surface area contributed by atoms with Crippen LogP contribution in [0, 0.1) is 0 Å². The van der Waals surface area contributed by atoms with Gasteiger partial charge in [-0.3, -0.25) is 4.21 Å². The molecular formula is C14H19NO2S. The van der Waals surface area contributed by atoms with E-state index in [1.165, 1.54) is 18.4 Å². The van der Waals surface area contributed by atoms with E-state index in [4.69, 9.17) is 4.74 Å². The maximum Gasteiger partial charge on any atom is 0.119 e. The van der Waals surface area contributed by atoms with Gasteiger partial charge >= 0.3 is 0 Å². The minimum Gasteiger partial charge on any atom is -0.497 e. The van der Waals surface area contributed by atoms with Gasteiger partial charge in [-0.1, -0.05) is 0 Å². The van der Waals surface area contributed by atoms with Crippen LogP contribution in [0.15, 0.2) is 23.1 Å². The smallest absolute Gasteiger partial charge is 0.119 e. The van der Waals surface area contributed by atoms with Crippen LogP contribution in [0.3, 0.4) is 0 Å². The van der Waals surface area contributed by atoms with E-state index in [0.29, 0.717) is 12.1 Å². The Balaban J connectivity index is 1.97. The molecule has 1 fully saturated rings. The van der Waals surface area contributed by atoms with Crippen LogP contribution in [-0.4, -0.2) is 23.1 Å². The summed E-state index contributed by atoms with van der Waals surface area (Å²) in [5.74, 6) is 1.64. The third-order valence-electron chi connectivity index (χ3n) is 3.67. The van der Waals surface area contributed by atoms with E-state index in [-0.39, 0.29) is 0 Å². The maximum absolute atomic E-state index is 12.2. The molecule has 1 saturated carbocycles. The molecule has 1 aromatic carbocycles. The van der Waals surface area contributed by atoms with E-state index in [0.717, 1.165) is 29.2 Å². The minimum absolute atomic E-state index is 0.342. The number of ether oxygens (including phenoxy) is 1. The van der Waals surface area contributed by atoms with Gasteiger partial charge in [0, 0.05) is 22.7 Å². The molecule has 1 N–H and O–H groups in total. The zero-order chi connectivity index (χ0) is 12.5. The SMILES string of the molecule is COc1ccc2c(c1)C(NC1CC1)CCCS2=O. The highest BCUT2D eigenvalue weighted by Crippen LogP contribution is 2.34. The molecule has 0 bridgehead atoms. The Morgan fingerprint density at radius 3 is 2.89 bits per heavy atom. The van der Waals surface area contributed by atoms with Crippen LogP contribution in [-0.2, 0) is 10.8 Å². The van der Waals surface area contributed by atoms with Gasteiger partial charge in [0.2, 0.25) is 0 Å². The summed E-state index contributed by atoms with van der Waals surface area (Å²) in [4.78, 5) is 0.992. The van der Waals surface area contributed by atoms with Crippen molar-refractivity contribution >= 4 is 10.8 Å². The predicted molar refractivity (Wildman–Crippen MR) is 72.4 cm³/mol. The lowest BCUT2D eigenvalue weighted by molar-refractivity contribution is 0.411. The summed E-state index contributed by atoms with van der Waals surface area (Å²) in [5, 5.41) is 3.67. The van der Waals surface area contributed by atoms with Crippen LogP contribution in [0.1, 0.15) is 37.3 Å². The van der Waals surface area contributed by atoms with Crippen molar-refractivity contribution in [3.05, 3.63) is 23.8 Å². The zero-order valence-corrected chi connectivity index (χ0v) is 11.5. The Labute approximate surface area is 110 Å². The van der Waals surface area contributed by atoms with Crippen molar-refractivity contribution in [3.63, 3.8) is 0 Å². The van der Waals surface area contributed by atoms with Gasteiger partial charge in [0.25, 0.3) is 0 Å². The van der Waals surface area contributed by atoms with Crippen molar-refractivity contribution in [2.24, 2.45) is 0 Å². The summed E-state index contributed by atoms with van der Waals surface area (Å²) in [6, 6.07) is 6.95. The molecule has 2 unspecified atom stereocenters. The van der Waals surface area contributed by atoms with Gasteiger partial charge in [0.05, 0.1) is 17.9 Å². The van der Waals surface area contributed by atoms with Crippen molar-refractivity contribution < 1.29 is 8.95 Å². The highest BCUT2D eigenvalue weighted by atomic mass is 32.2. The third kappa shape index (κ3) is 2.45. The average Bonchev–Trinajstić information content (AvgIpc) is 3.21. The molecule has 1 heterocycles. The zero-order valence-electron chi connectivity index (χ0n) is 10.6. The number of hydrogen-bond acceptors (Lipinski definition) is 3. The molecule has 0 amide bonds. The van der Waals surface area contributed by atoms with Crippen molar-refractivity contribution in [1.82, 2.24) is 5.32 Å². The first-order valence-corrected chi connectivity index (χ1v) is 7.92. The van der Waals surface area contributed by atoms with Gasteiger partial charge in [-0.05, 0) is 49.4 Å². The molecule has 2 aliphatic rings. The molecule has 0 aromatic heterocycles. The summed E-state index contributed by atoms with van der Waals surface area (Å²) in [6.07, 6.45) is 4.65. The second kappa shape index (κ2) is 5.02. The number of methoxy groups -OCH3 is 1. The first-order chi connectivity index (χ1) is 8.78. The highest BCUT2D eigenvalue weighted by Gasteiger charge is 2.29. The lowest BCUT2D eigenvalue weighted by Crippen LogP contribution is -2.23. The number of nitrogens with one attached hydrogen (secondary N) is 1. The summed E-state index contributed by atoms with van der Waals surface area (Å²) in [7, 11) is 0.826. The Morgan fingerprint density at radius 1 is 1.33 bits per heavy atom. The fourth-order valence-corrected chi connectivity index (χ4v) is 3.86. The lowest BCUT2D eigenvalue weighted by Gasteiger charge is -2.19. The molecule has 98 valence electrons. The van der Waals surface area contributed by atoms with Crippen LogP contribution < -0.4 is 10.1 Å². The van der Waals surface area contributed by atoms with E-state index in [1.807, 2.05) is 12.1 Å². The lowest BCUT2D eigenvalue weighted by atomic mass is 10.0. The number of benzene rings is 1. The molecule has 0 radical (unpaired) electrons. The summed E-state index contributed by atoms with van der Waals surface area (Å²) < 4.78 is 17.5. The molecular weight excluding hydrogens is 246 g/mol. The summed E-state index contributed by atoms with van der Waals surface area (Å²) in [6.45, 7) is 0. The van der Waals surface area contributed by atoms with Crippen LogP contribution >= 0.6 is 0 Å². The first-order valence-electron chi connectivity index (χ1n) is 6.60. The van der Waals surface area contributed by atoms with E-state index < -0.39 is 10.8 Å². The molecule has 1 aliphatic carbocycles. The van der Waals surface area contributed by atoms with Gasteiger partial charge in [0.1, 0.15) is 5.75 Å². The van der Waals surface area contributed by atoms with Crippen molar-refractivity contribution in [2.75, 3.05) is 12.9 Å². The normalized spacial score (nSPS) is 27.4. The molecule has 3 nitrogen and oxygen atoms in total. The van der Waals surface area contributed by atoms with Crippen molar-refractivity contribution in [1.29, 1.82) is 0 Å². The Morgan fingerprint density at radius 2 is 2.17 bits per heavy atom. The fraction of sp³-hybridized carbons (Fsp3) is 0.571. The van der Waals surface area contributed by atoms with Gasteiger partial charge in [-0.25, -0.2) is 0 Å². The molecule has 0 spiro atoms. The standard InChI is InChI=1S/C14H19NO2S/c1-17-11-6-7-14-12(9-11)13(15-10-4-5-10)3-2-8-18(14)16/h6-7,9-10,13,15H,2-5,8H2,1H3. The Hall–Kier alpha value is -0.870. The first kappa shape index (κ1) is 12.2. The van der Waals surface area contributed by atoms with Crippen LogP contribution in [0.2, 0.25) is 0 Å². The minimum atomic E-state index is -0.853. The summed E-state index contributed by atoms with van der Waals surface area (Å²) >= 11 is 0. The molecule has 2 atom stereocenters. The Bertz CT molecular complexity index is 471. The highest BCUT2D eigenvalue weighted by molar-refractivity contribution is 7.85. The molecule has 4 heteroatoms. The quantitative estimate of drug-likeness (QED) is 0.912. The molecule has 1 aliphatic heterocycles. The Kier molecular flexibility index (Phi) is 3.39. The summed E-state index contributed by atoms with van der Waals surface area (Å²) in [5.41, 5.74) is 1.18. The van der Waals surface area contributed by atoms with E-state index in [9.17, 15) is 4.21 Å². The number of hydrogen-bond donors (Lipinski definition) is 1.